The fraction of sp³-hybridized carbons (Fsp3) is 0.400. The van der Waals surface area contributed by atoms with Gasteiger partial charge in [0.1, 0.15) is 0 Å². The van der Waals surface area contributed by atoms with E-state index in [1.807, 2.05) is 11.4 Å². The molecule has 1 rings (SSSR count). The molecule has 0 radical (unpaired) electrons. The molecule has 0 unspecified atom stereocenters. The molecule has 72 valence electrons. The van der Waals surface area contributed by atoms with Gasteiger partial charge in [0, 0.05) is 22.8 Å². The lowest BCUT2D eigenvalue weighted by atomic mass is 10.3. The smallest absolute Gasteiger partial charge is 0.0519 e. The molecular weight excluding hydrogens is 202 g/mol. The molecule has 3 heteroatoms. The van der Waals surface area contributed by atoms with Crippen molar-refractivity contribution in [3.63, 3.8) is 0 Å². The molecule has 0 aliphatic rings. The monoisotopic (exact) mass is 215 g/mol. The molecule has 1 aromatic heterocycles. The van der Waals surface area contributed by atoms with Gasteiger partial charge in [-0.3, -0.25) is 0 Å². The maximum Gasteiger partial charge on any atom is 0.0519 e. The van der Waals surface area contributed by atoms with E-state index in [4.69, 9.17) is 11.6 Å². The van der Waals surface area contributed by atoms with Crippen LogP contribution in [0, 0.1) is 0 Å². The highest BCUT2D eigenvalue weighted by Gasteiger charge is 1.92. The van der Waals surface area contributed by atoms with Gasteiger partial charge in [-0.25, -0.2) is 0 Å². The van der Waals surface area contributed by atoms with Gasteiger partial charge in [0.25, 0.3) is 0 Å². The SMILES string of the molecule is CC(C)NCC=Cc1cc(Cl)cs1. The van der Waals surface area contributed by atoms with Crippen molar-refractivity contribution in [3.8, 4) is 0 Å². The van der Waals surface area contributed by atoms with E-state index in [0.717, 1.165) is 11.6 Å². The first-order valence-electron chi connectivity index (χ1n) is 4.32. The van der Waals surface area contributed by atoms with Gasteiger partial charge in [-0.05, 0) is 12.1 Å². The lowest BCUT2D eigenvalue weighted by Gasteiger charge is -2.02. The van der Waals surface area contributed by atoms with E-state index in [2.05, 4.69) is 31.3 Å². The summed E-state index contributed by atoms with van der Waals surface area (Å²) in [5.74, 6) is 0. The molecule has 1 aromatic rings. The Morgan fingerprint density at radius 3 is 2.92 bits per heavy atom. The quantitative estimate of drug-likeness (QED) is 0.812. The second-order valence-corrected chi connectivity index (χ2v) is 4.51. The van der Waals surface area contributed by atoms with E-state index in [1.165, 1.54) is 4.88 Å². The minimum Gasteiger partial charge on any atom is -0.311 e. The fourth-order valence-corrected chi connectivity index (χ4v) is 1.90. The van der Waals surface area contributed by atoms with E-state index in [0.29, 0.717) is 6.04 Å². The molecule has 0 bridgehead atoms. The third-order valence-corrected chi connectivity index (χ3v) is 2.76. The first-order chi connectivity index (χ1) is 6.18. The zero-order valence-electron chi connectivity index (χ0n) is 7.88. The van der Waals surface area contributed by atoms with Crippen molar-refractivity contribution in [3.05, 3.63) is 27.4 Å². The molecule has 0 amide bonds. The summed E-state index contributed by atoms with van der Waals surface area (Å²) < 4.78 is 0. The molecule has 0 aliphatic carbocycles. The van der Waals surface area contributed by atoms with Crippen LogP contribution in [-0.2, 0) is 0 Å². The molecule has 1 nitrogen and oxygen atoms in total. The predicted octanol–water partition coefficient (Wildman–Crippen LogP) is 3.41. The highest BCUT2D eigenvalue weighted by molar-refractivity contribution is 7.11. The second kappa shape index (κ2) is 5.43. The third-order valence-electron chi connectivity index (χ3n) is 1.51. The van der Waals surface area contributed by atoms with Crippen LogP contribution in [0.3, 0.4) is 0 Å². The van der Waals surface area contributed by atoms with E-state index >= 15 is 0 Å². The summed E-state index contributed by atoms with van der Waals surface area (Å²) in [6.45, 7) is 5.18. The van der Waals surface area contributed by atoms with Crippen LogP contribution in [0.15, 0.2) is 17.5 Å². The Bertz CT molecular complexity index is 278. The Hall–Kier alpha value is -0.310. The van der Waals surface area contributed by atoms with Gasteiger partial charge in [-0.2, -0.15) is 0 Å². The van der Waals surface area contributed by atoms with Gasteiger partial charge < -0.3 is 5.32 Å². The van der Waals surface area contributed by atoms with Crippen molar-refractivity contribution in [2.24, 2.45) is 0 Å². The van der Waals surface area contributed by atoms with Crippen molar-refractivity contribution >= 4 is 29.0 Å². The molecule has 0 saturated carbocycles. The topological polar surface area (TPSA) is 12.0 Å². The van der Waals surface area contributed by atoms with Crippen LogP contribution in [0.1, 0.15) is 18.7 Å². The van der Waals surface area contributed by atoms with Crippen LogP contribution in [0.25, 0.3) is 6.08 Å². The van der Waals surface area contributed by atoms with Crippen LogP contribution in [0.5, 0.6) is 0 Å². The summed E-state index contributed by atoms with van der Waals surface area (Å²) in [6, 6.07) is 2.51. The summed E-state index contributed by atoms with van der Waals surface area (Å²) in [7, 11) is 0. The van der Waals surface area contributed by atoms with Gasteiger partial charge in [-0.1, -0.05) is 31.5 Å². The fourth-order valence-electron chi connectivity index (χ4n) is 0.894. The Morgan fingerprint density at radius 2 is 2.38 bits per heavy atom. The van der Waals surface area contributed by atoms with Crippen molar-refractivity contribution < 1.29 is 0 Å². The average molecular weight is 216 g/mol. The minimum atomic E-state index is 0.538. The molecule has 0 spiro atoms. The van der Waals surface area contributed by atoms with Crippen LogP contribution < -0.4 is 5.32 Å². The number of nitrogens with one attached hydrogen (secondary N) is 1. The third kappa shape index (κ3) is 4.46. The number of rotatable bonds is 4. The standard InChI is InChI=1S/C10H14ClNS/c1-8(2)12-5-3-4-10-6-9(11)7-13-10/h3-4,6-8,12H,5H2,1-2H3. The van der Waals surface area contributed by atoms with Crippen LogP contribution in [0.2, 0.25) is 5.02 Å². The predicted molar refractivity (Wildman–Crippen MR) is 61.5 cm³/mol. The Balaban J connectivity index is 2.32. The van der Waals surface area contributed by atoms with Crippen molar-refractivity contribution in [2.75, 3.05) is 6.54 Å². The minimum absolute atomic E-state index is 0.538. The van der Waals surface area contributed by atoms with E-state index in [9.17, 15) is 0 Å². The molecular formula is C10H14ClNS. The normalized spacial score (nSPS) is 11.7. The summed E-state index contributed by atoms with van der Waals surface area (Å²) in [4.78, 5) is 1.20. The molecule has 1 N–H and O–H groups in total. The van der Waals surface area contributed by atoms with Gasteiger partial charge in [-0.15, -0.1) is 11.3 Å². The van der Waals surface area contributed by atoms with Crippen molar-refractivity contribution in [1.29, 1.82) is 0 Å². The van der Waals surface area contributed by atoms with Crippen LogP contribution in [-0.4, -0.2) is 12.6 Å². The maximum atomic E-state index is 5.78. The van der Waals surface area contributed by atoms with E-state index in [-0.39, 0.29) is 0 Å². The number of hydrogen-bond donors (Lipinski definition) is 1. The number of halogens is 1. The molecule has 0 saturated heterocycles. The Morgan fingerprint density at radius 1 is 1.62 bits per heavy atom. The molecule has 0 atom stereocenters. The highest BCUT2D eigenvalue weighted by atomic mass is 35.5. The van der Waals surface area contributed by atoms with Crippen LogP contribution >= 0.6 is 22.9 Å². The van der Waals surface area contributed by atoms with E-state index in [1.54, 1.807) is 11.3 Å². The zero-order valence-corrected chi connectivity index (χ0v) is 9.45. The van der Waals surface area contributed by atoms with Gasteiger partial charge in [0.2, 0.25) is 0 Å². The summed E-state index contributed by atoms with van der Waals surface area (Å²) in [6.07, 6.45) is 4.20. The molecule has 0 fully saturated rings. The maximum absolute atomic E-state index is 5.78. The largest absolute Gasteiger partial charge is 0.311 e. The second-order valence-electron chi connectivity index (χ2n) is 3.13. The Labute approximate surface area is 88.4 Å². The summed E-state index contributed by atoms with van der Waals surface area (Å²) in [5.41, 5.74) is 0. The lowest BCUT2D eigenvalue weighted by molar-refractivity contribution is 0.633. The van der Waals surface area contributed by atoms with Crippen molar-refractivity contribution in [2.45, 2.75) is 19.9 Å². The molecule has 1 heterocycles. The molecule has 0 aromatic carbocycles. The first kappa shape index (κ1) is 10.8. The molecule has 13 heavy (non-hydrogen) atoms. The zero-order chi connectivity index (χ0) is 9.68. The average Bonchev–Trinajstić information content (AvgIpc) is 2.45. The highest BCUT2D eigenvalue weighted by Crippen LogP contribution is 2.19. The summed E-state index contributed by atoms with van der Waals surface area (Å²) >= 11 is 7.45. The first-order valence-corrected chi connectivity index (χ1v) is 5.58. The lowest BCUT2D eigenvalue weighted by Crippen LogP contribution is -2.22. The number of hydrogen-bond acceptors (Lipinski definition) is 2. The van der Waals surface area contributed by atoms with Gasteiger partial charge in [0.15, 0.2) is 0 Å². The van der Waals surface area contributed by atoms with Gasteiger partial charge in [0.05, 0.1) is 5.02 Å². The Kier molecular flexibility index (Phi) is 4.50. The molecule has 0 aliphatic heterocycles. The number of thiophene rings is 1. The van der Waals surface area contributed by atoms with Crippen LogP contribution in [0.4, 0.5) is 0 Å². The van der Waals surface area contributed by atoms with E-state index < -0.39 is 0 Å². The van der Waals surface area contributed by atoms with Gasteiger partial charge >= 0.3 is 0 Å². The van der Waals surface area contributed by atoms with Crippen molar-refractivity contribution in [1.82, 2.24) is 5.32 Å². The summed E-state index contributed by atoms with van der Waals surface area (Å²) in [5, 5.41) is 6.07.